The molecule has 0 atom stereocenters. The van der Waals surface area contributed by atoms with E-state index in [4.69, 9.17) is 9.47 Å². The fourth-order valence-corrected chi connectivity index (χ4v) is 3.59. The molecule has 0 heterocycles. The molecule has 0 fully saturated rings. The predicted octanol–water partition coefficient (Wildman–Crippen LogP) is 6.07. The molecule has 4 nitrogen and oxygen atoms in total. The van der Waals surface area contributed by atoms with Gasteiger partial charge in [0, 0.05) is 16.8 Å². The van der Waals surface area contributed by atoms with Crippen molar-refractivity contribution in [3.63, 3.8) is 0 Å². The third kappa shape index (κ3) is 5.01. The highest BCUT2D eigenvalue weighted by atomic mass is 16.5. The van der Waals surface area contributed by atoms with E-state index in [0.29, 0.717) is 17.9 Å². The average molecular weight is 404 g/mol. The van der Waals surface area contributed by atoms with Gasteiger partial charge < -0.3 is 14.8 Å². The summed E-state index contributed by atoms with van der Waals surface area (Å²) in [6, 6.07) is 15.6. The van der Waals surface area contributed by atoms with Crippen LogP contribution in [0.4, 0.5) is 5.69 Å². The molecule has 0 aliphatic heterocycles. The van der Waals surface area contributed by atoms with E-state index in [0.717, 1.165) is 39.3 Å². The summed E-state index contributed by atoms with van der Waals surface area (Å²) >= 11 is 0. The minimum atomic E-state index is -0.161. The summed E-state index contributed by atoms with van der Waals surface area (Å²) in [7, 11) is 1.62. The zero-order chi connectivity index (χ0) is 21.8. The zero-order valence-corrected chi connectivity index (χ0v) is 18.6. The Labute approximate surface area is 178 Å². The van der Waals surface area contributed by atoms with Gasteiger partial charge in [0.15, 0.2) is 0 Å². The summed E-state index contributed by atoms with van der Waals surface area (Å²) < 4.78 is 11.6. The van der Waals surface area contributed by atoms with Crippen molar-refractivity contribution in [3.8, 4) is 11.5 Å². The van der Waals surface area contributed by atoms with E-state index in [2.05, 4.69) is 38.2 Å². The van der Waals surface area contributed by atoms with Gasteiger partial charge in [-0.2, -0.15) is 0 Å². The first kappa shape index (κ1) is 21.4. The zero-order valence-electron chi connectivity index (χ0n) is 18.6. The number of aryl methyl sites for hydroxylation is 4. The Morgan fingerprint density at radius 1 is 0.833 bits per heavy atom. The summed E-state index contributed by atoms with van der Waals surface area (Å²) in [5.41, 5.74) is 7.85. The van der Waals surface area contributed by atoms with Crippen LogP contribution in [-0.2, 0) is 6.61 Å². The van der Waals surface area contributed by atoms with Crippen molar-refractivity contribution in [2.24, 2.45) is 0 Å². The summed E-state index contributed by atoms with van der Waals surface area (Å²) in [5, 5.41) is 2.98. The first-order valence-electron chi connectivity index (χ1n) is 10.0. The Morgan fingerprint density at radius 3 is 2.17 bits per heavy atom. The van der Waals surface area contributed by atoms with Crippen LogP contribution >= 0.6 is 0 Å². The van der Waals surface area contributed by atoms with Crippen LogP contribution in [0.2, 0.25) is 0 Å². The fraction of sp³-hybridized carbons (Fsp3) is 0.269. The quantitative estimate of drug-likeness (QED) is 0.543. The van der Waals surface area contributed by atoms with Gasteiger partial charge in [0.2, 0.25) is 0 Å². The molecule has 0 aromatic heterocycles. The molecule has 0 spiro atoms. The second-order valence-electron chi connectivity index (χ2n) is 7.85. The molecule has 30 heavy (non-hydrogen) atoms. The van der Waals surface area contributed by atoms with E-state index in [1.54, 1.807) is 13.2 Å². The first-order chi connectivity index (χ1) is 14.3. The lowest BCUT2D eigenvalue weighted by atomic mass is 10.1. The normalized spacial score (nSPS) is 10.6. The number of methoxy groups -OCH3 is 1. The summed E-state index contributed by atoms with van der Waals surface area (Å²) in [5.74, 6) is 1.38. The molecule has 0 saturated carbocycles. The molecule has 1 amide bonds. The van der Waals surface area contributed by atoms with Crippen LogP contribution < -0.4 is 14.8 Å². The van der Waals surface area contributed by atoms with Gasteiger partial charge in [-0.15, -0.1) is 0 Å². The Morgan fingerprint density at radius 2 is 1.50 bits per heavy atom. The van der Waals surface area contributed by atoms with E-state index in [9.17, 15) is 4.79 Å². The lowest BCUT2D eigenvalue weighted by Crippen LogP contribution is -2.13. The molecule has 0 bridgehead atoms. The van der Waals surface area contributed by atoms with E-state index in [1.807, 2.05) is 44.2 Å². The molecule has 0 saturated heterocycles. The molecule has 3 aromatic carbocycles. The van der Waals surface area contributed by atoms with Gasteiger partial charge >= 0.3 is 0 Å². The number of rotatable bonds is 6. The van der Waals surface area contributed by atoms with Crippen LogP contribution in [0.3, 0.4) is 0 Å². The number of amides is 1. The maximum absolute atomic E-state index is 12.8. The monoisotopic (exact) mass is 403 g/mol. The van der Waals surface area contributed by atoms with Gasteiger partial charge in [-0.1, -0.05) is 12.1 Å². The highest BCUT2D eigenvalue weighted by Crippen LogP contribution is 2.27. The molecular formula is C26H29NO3. The van der Waals surface area contributed by atoms with E-state index < -0.39 is 0 Å². The number of hydrogen-bond acceptors (Lipinski definition) is 3. The molecule has 1 N–H and O–H groups in total. The maximum Gasteiger partial charge on any atom is 0.255 e. The van der Waals surface area contributed by atoms with Gasteiger partial charge in [-0.05, 0) is 98.8 Å². The molecule has 0 aliphatic rings. The summed E-state index contributed by atoms with van der Waals surface area (Å²) in [6.07, 6.45) is 0. The Kier molecular flexibility index (Phi) is 6.46. The largest absolute Gasteiger partial charge is 0.496 e. The molecule has 0 aliphatic carbocycles. The molecule has 3 rings (SSSR count). The van der Waals surface area contributed by atoms with Crippen LogP contribution in [0.1, 0.15) is 43.7 Å². The van der Waals surface area contributed by atoms with Crippen molar-refractivity contribution >= 4 is 11.6 Å². The molecular weight excluding hydrogens is 374 g/mol. The van der Waals surface area contributed by atoms with Crippen molar-refractivity contribution < 1.29 is 14.3 Å². The molecule has 156 valence electrons. The Balaban J connectivity index is 1.82. The van der Waals surface area contributed by atoms with Gasteiger partial charge in [0.05, 0.1) is 7.11 Å². The average Bonchev–Trinajstić information content (AvgIpc) is 2.68. The lowest BCUT2D eigenvalue weighted by molar-refractivity contribution is 0.102. The summed E-state index contributed by atoms with van der Waals surface area (Å²) in [4.78, 5) is 12.8. The van der Waals surface area contributed by atoms with Gasteiger partial charge in [-0.25, -0.2) is 0 Å². The van der Waals surface area contributed by atoms with Crippen LogP contribution in [-0.4, -0.2) is 13.0 Å². The number of carbonyl (C=O) groups is 1. The molecule has 0 radical (unpaired) electrons. The highest BCUT2D eigenvalue weighted by Gasteiger charge is 2.13. The van der Waals surface area contributed by atoms with Gasteiger partial charge in [-0.3, -0.25) is 4.79 Å². The Bertz CT molecular complexity index is 1070. The van der Waals surface area contributed by atoms with Crippen LogP contribution in [0, 0.1) is 34.6 Å². The van der Waals surface area contributed by atoms with Crippen LogP contribution in [0.5, 0.6) is 11.5 Å². The maximum atomic E-state index is 12.8. The SMILES string of the molecule is COc1ccc(C(=O)Nc2cc(C)cc(C)c2)cc1COc1cc(C)cc(C)c1C. The van der Waals surface area contributed by atoms with Crippen LogP contribution in [0.25, 0.3) is 0 Å². The number of anilines is 1. The van der Waals surface area contributed by atoms with Crippen molar-refractivity contribution in [1.29, 1.82) is 0 Å². The smallest absolute Gasteiger partial charge is 0.255 e. The number of nitrogens with one attached hydrogen (secondary N) is 1. The predicted molar refractivity (Wildman–Crippen MR) is 122 cm³/mol. The van der Waals surface area contributed by atoms with E-state index in [-0.39, 0.29) is 5.91 Å². The third-order valence-corrected chi connectivity index (χ3v) is 5.17. The van der Waals surface area contributed by atoms with Crippen molar-refractivity contribution in [2.75, 3.05) is 12.4 Å². The number of hydrogen-bond donors (Lipinski definition) is 1. The molecule has 3 aromatic rings. The molecule has 0 unspecified atom stereocenters. The minimum Gasteiger partial charge on any atom is -0.496 e. The van der Waals surface area contributed by atoms with Gasteiger partial charge in [0.1, 0.15) is 18.1 Å². The van der Waals surface area contributed by atoms with Crippen molar-refractivity contribution in [1.82, 2.24) is 0 Å². The highest BCUT2D eigenvalue weighted by molar-refractivity contribution is 6.04. The standard InChI is InChI=1S/C26H29NO3/c1-16-9-17(2)12-23(11-16)27-26(28)21-7-8-24(29-6)22(14-21)15-30-25-13-18(3)10-19(4)20(25)5/h7-14H,15H2,1-6H3,(H,27,28). The number of carbonyl (C=O) groups excluding carboxylic acids is 1. The van der Waals surface area contributed by atoms with Crippen molar-refractivity contribution in [2.45, 2.75) is 41.2 Å². The topological polar surface area (TPSA) is 47.6 Å². The third-order valence-electron chi connectivity index (χ3n) is 5.17. The summed E-state index contributed by atoms with van der Waals surface area (Å²) in [6.45, 7) is 10.5. The van der Waals surface area contributed by atoms with E-state index >= 15 is 0 Å². The van der Waals surface area contributed by atoms with Crippen LogP contribution in [0.15, 0.2) is 48.5 Å². The fourth-order valence-electron chi connectivity index (χ4n) is 3.59. The van der Waals surface area contributed by atoms with Gasteiger partial charge in [0.25, 0.3) is 5.91 Å². The second kappa shape index (κ2) is 9.04. The lowest BCUT2D eigenvalue weighted by Gasteiger charge is -2.15. The first-order valence-corrected chi connectivity index (χ1v) is 10.0. The molecule has 4 heteroatoms. The van der Waals surface area contributed by atoms with E-state index in [1.165, 1.54) is 5.56 Å². The second-order valence-corrected chi connectivity index (χ2v) is 7.85. The minimum absolute atomic E-state index is 0.161. The number of benzene rings is 3. The van der Waals surface area contributed by atoms with Crippen molar-refractivity contribution in [3.05, 3.63) is 87.5 Å². The Hall–Kier alpha value is -3.27. The number of ether oxygens (including phenoxy) is 2.